The Labute approximate surface area is 183 Å². The molecule has 1 atom stereocenters. The first-order valence-electron chi connectivity index (χ1n) is 10.9. The largest absolute Gasteiger partial charge is 0.346 e. The van der Waals surface area contributed by atoms with E-state index in [2.05, 4.69) is 40.2 Å². The molecule has 0 saturated carbocycles. The number of hydrogen-bond donors (Lipinski definition) is 1. The fourth-order valence-corrected chi connectivity index (χ4v) is 4.08. The van der Waals surface area contributed by atoms with Crippen molar-refractivity contribution in [1.29, 1.82) is 0 Å². The minimum Gasteiger partial charge on any atom is -0.346 e. The zero-order valence-electron chi connectivity index (χ0n) is 18.2. The number of amides is 1. The standard InChI is InChI=1S/C27H29N3O/c1-20-11-6-7-15-23(20)19-26(31)28-21(2)27-29-24-16-8-9-17-25(24)30(27)18-10-14-22-12-4-3-5-13-22/h3-9,11-13,15-17,21H,10,14,18-19H2,1-2H3,(H,28,31). The first-order chi connectivity index (χ1) is 15.1. The van der Waals surface area contributed by atoms with Crippen molar-refractivity contribution in [3.8, 4) is 0 Å². The van der Waals surface area contributed by atoms with Crippen LogP contribution >= 0.6 is 0 Å². The highest BCUT2D eigenvalue weighted by molar-refractivity contribution is 5.80. The summed E-state index contributed by atoms with van der Waals surface area (Å²) in [6.07, 6.45) is 2.41. The van der Waals surface area contributed by atoms with Gasteiger partial charge in [-0.2, -0.15) is 0 Å². The molecular formula is C27H29N3O. The molecule has 0 spiro atoms. The van der Waals surface area contributed by atoms with Crippen LogP contribution in [0.15, 0.2) is 78.9 Å². The number of imidazole rings is 1. The molecule has 4 heteroatoms. The SMILES string of the molecule is Cc1ccccc1CC(=O)NC(C)c1nc2ccccc2n1CCCc1ccccc1. The van der Waals surface area contributed by atoms with Crippen molar-refractivity contribution in [2.45, 2.75) is 45.7 Å². The Hall–Kier alpha value is -3.40. The van der Waals surface area contributed by atoms with Crippen LogP contribution in [-0.2, 0) is 24.2 Å². The van der Waals surface area contributed by atoms with E-state index in [9.17, 15) is 4.79 Å². The molecule has 1 amide bonds. The van der Waals surface area contributed by atoms with E-state index in [1.165, 1.54) is 5.56 Å². The maximum Gasteiger partial charge on any atom is 0.225 e. The molecule has 0 fully saturated rings. The van der Waals surface area contributed by atoms with Gasteiger partial charge in [-0.25, -0.2) is 4.98 Å². The van der Waals surface area contributed by atoms with Crippen LogP contribution in [0.3, 0.4) is 0 Å². The Morgan fingerprint density at radius 3 is 2.48 bits per heavy atom. The number of nitrogens with one attached hydrogen (secondary N) is 1. The number of fused-ring (bicyclic) bond motifs is 1. The van der Waals surface area contributed by atoms with Gasteiger partial charge in [-0.3, -0.25) is 4.79 Å². The lowest BCUT2D eigenvalue weighted by molar-refractivity contribution is -0.121. The van der Waals surface area contributed by atoms with Gasteiger partial charge in [0.25, 0.3) is 0 Å². The molecule has 3 aromatic carbocycles. The summed E-state index contributed by atoms with van der Waals surface area (Å²) < 4.78 is 2.26. The average molecular weight is 412 g/mol. The van der Waals surface area contributed by atoms with Crippen LogP contribution in [0.25, 0.3) is 11.0 Å². The van der Waals surface area contributed by atoms with Gasteiger partial charge in [0.15, 0.2) is 0 Å². The zero-order chi connectivity index (χ0) is 21.6. The van der Waals surface area contributed by atoms with Crippen molar-refractivity contribution in [3.63, 3.8) is 0 Å². The lowest BCUT2D eigenvalue weighted by Crippen LogP contribution is -2.30. The zero-order valence-corrected chi connectivity index (χ0v) is 18.2. The van der Waals surface area contributed by atoms with Gasteiger partial charge in [0.2, 0.25) is 5.91 Å². The quantitative estimate of drug-likeness (QED) is 0.422. The van der Waals surface area contributed by atoms with Crippen molar-refractivity contribution in [2.24, 2.45) is 0 Å². The number of aryl methyl sites for hydroxylation is 3. The number of para-hydroxylation sites is 2. The summed E-state index contributed by atoms with van der Waals surface area (Å²) in [7, 11) is 0. The van der Waals surface area contributed by atoms with Crippen LogP contribution in [0.5, 0.6) is 0 Å². The molecular weight excluding hydrogens is 382 g/mol. The van der Waals surface area contributed by atoms with Crippen LogP contribution in [0.4, 0.5) is 0 Å². The van der Waals surface area contributed by atoms with Gasteiger partial charge in [-0.05, 0) is 55.5 Å². The molecule has 158 valence electrons. The van der Waals surface area contributed by atoms with Gasteiger partial charge in [0.05, 0.1) is 23.5 Å². The van der Waals surface area contributed by atoms with E-state index in [1.54, 1.807) is 0 Å². The van der Waals surface area contributed by atoms with Crippen molar-refractivity contribution in [3.05, 3.63) is 101 Å². The van der Waals surface area contributed by atoms with E-state index < -0.39 is 0 Å². The molecule has 1 heterocycles. The Bertz CT molecular complexity index is 1160. The van der Waals surface area contributed by atoms with E-state index in [-0.39, 0.29) is 11.9 Å². The molecule has 1 unspecified atom stereocenters. The lowest BCUT2D eigenvalue weighted by atomic mass is 10.1. The second-order valence-corrected chi connectivity index (χ2v) is 8.09. The van der Waals surface area contributed by atoms with Crippen molar-refractivity contribution in [2.75, 3.05) is 0 Å². The first-order valence-corrected chi connectivity index (χ1v) is 10.9. The number of rotatable bonds is 8. The predicted molar refractivity (Wildman–Crippen MR) is 126 cm³/mol. The topological polar surface area (TPSA) is 46.9 Å². The lowest BCUT2D eigenvalue weighted by Gasteiger charge is -2.17. The van der Waals surface area contributed by atoms with Crippen molar-refractivity contribution >= 4 is 16.9 Å². The monoisotopic (exact) mass is 411 g/mol. The van der Waals surface area contributed by atoms with Crippen LogP contribution < -0.4 is 5.32 Å². The normalized spacial score (nSPS) is 12.1. The number of aromatic nitrogens is 2. The van der Waals surface area contributed by atoms with E-state index in [0.29, 0.717) is 6.42 Å². The smallest absolute Gasteiger partial charge is 0.225 e. The molecule has 0 saturated heterocycles. The molecule has 31 heavy (non-hydrogen) atoms. The number of nitrogens with zero attached hydrogens (tertiary/aromatic N) is 2. The third-order valence-electron chi connectivity index (χ3n) is 5.75. The van der Waals surface area contributed by atoms with Crippen LogP contribution in [0.1, 0.15) is 41.9 Å². The molecule has 0 aliphatic heterocycles. The Morgan fingerprint density at radius 1 is 0.968 bits per heavy atom. The third kappa shape index (κ3) is 5.02. The van der Waals surface area contributed by atoms with Gasteiger partial charge in [-0.1, -0.05) is 66.7 Å². The highest BCUT2D eigenvalue weighted by Crippen LogP contribution is 2.22. The number of carbonyl (C=O) groups excluding carboxylic acids is 1. The molecule has 1 N–H and O–H groups in total. The summed E-state index contributed by atoms with van der Waals surface area (Å²) in [5.41, 5.74) is 5.62. The summed E-state index contributed by atoms with van der Waals surface area (Å²) >= 11 is 0. The number of carbonyl (C=O) groups is 1. The molecule has 1 aromatic heterocycles. The second kappa shape index (κ2) is 9.61. The second-order valence-electron chi connectivity index (χ2n) is 8.09. The third-order valence-corrected chi connectivity index (χ3v) is 5.75. The summed E-state index contributed by atoms with van der Waals surface area (Å²) in [5, 5.41) is 3.16. The van der Waals surface area contributed by atoms with E-state index in [0.717, 1.165) is 47.4 Å². The molecule has 0 aliphatic carbocycles. The van der Waals surface area contributed by atoms with Gasteiger partial charge >= 0.3 is 0 Å². The molecule has 4 nitrogen and oxygen atoms in total. The number of benzene rings is 3. The maximum absolute atomic E-state index is 12.7. The minimum atomic E-state index is -0.166. The van der Waals surface area contributed by atoms with Crippen LogP contribution in [0, 0.1) is 6.92 Å². The molecule has 0 radical (unpaired) electrons. The molecule has 0 aliphatic rings. The Morgan fingerprint density at radius 2 is 1.68 bits per heavy atom. The summed E-state index contributed by atoms with van der Waals surface area (Å²) in [4.78, 5) is 17.6. The van der Waals surface area contributed by atoms with Crippen LogP contribution in [-0.4, -0.2) is 15.5 Å². The van der Waals surface area contributed by atoms with Gasteiger partial charge in [-0.15, -0.1) is 0 Å². The van der Waals surface area contributed by atoms with Crippen molar-refractivity contribution in [1.82, 2.24) is 14.9 Å². The fraction of sp³-hybridized carbons (Fsp3) is 0.259. The predicted octanol–water partition coefficient (Wildman–Crippen LogP) is 5.40. The van der Waals surface area contributed by atoms with Crippen molar-refractivity contribution < 1.29 is 4.79 Å². The fourth-order valence-electron chi connectivity index (χ4n) is 4.08. The summed E-state index contributed by atoms with van der Waals surface area (Å²) in [6.45, 7) is 4.92. The summed E-state index contributed by atoms with van der Waals surface area (Å²) in [5.74, 6) is 0.928. The Balaban J connectivity index is 1.50. The van der Waals surface area contributed by atoms with Crippen LogP contribution in [0.2, 0.25) is 0 Å². The van der Waals surface area contributed by atoms with E-state index in [1.807, 2.05) is 62.4 Å². The van der Waals surface area contributed by atoms with Gasteiger partial charge in [0, 0.05) is 6.54 Å². The van der Waals surface area contributed by atoms with Gasteiger partial charge in [0.1, 0.15) is 5.82 Å². The highest BCUT2D eigenvalue weighted by atomic mass is 16.1. The first kappa shape index (κ1) is 20.9. The Kier molecular flexibility index (Phi) is 6.46. The number of hydrogen-bond acceptors (Lipinski definition) is 2. The van der Waals surface area contributed by atoms with Gasteiger partial charge < -0.3 is 9.88 Å². The summed E-state index contributed by atoms with van der Waals surface area (Å²) in [6, 6.07) is 26.6. The molecule has 0 bridgehead atoms. The maximum atomic E-state index is 12.7. The highest BCUT2D eigenvalue weighted by Gasteiger charge is 2.18. The van der Waals surface area contributed by atoms with E-state index >= 15 is 0 Å². The molecule has 4 aromatic rings. The minimum absolute atomic E-state index is 0.0182. The van der Waals surface area contributed by atoms with E-state index in [4.69, 9.17) is 4.98 Å². The molecule has 4 rings (SSSR count). The average Bonchev–Trinajstić information content (AvgIpc) is 3.15.